The second-order valence-corrected chi connectivity index (χ2v) is 8.73. The maximum atomic E-state index is 13.4. The van der Waals surface area contributed by atoms with Crippen LogP contribution in [0.2, 0.25) is 0 Å². The monoisotopic (exact) mass is 466 g/mol. The fourth-order valence-corrected chi connectivity index (χ4v) is 4.58. The van der Waals surface area contributed by atoms with Gasteiger partial charge >= 0.3 is 0 Å². The number of imidazole rings is 1. The van der Waals surface area contributed by atoms with Crippen LogP contribution in [0.1, 0.15) is 28.9 Å². The van der Waals surface area contributed by atoms with E-state index >= 15 is 0 Å². The molecule has 1 fully saturated rings. The van der Waals surface area contributed by atoms with Crippen LogP contribution in [0.25, 0.3) is 5.69 Å². The molecule has 1 aliphatic rings. The summed E-state index contributed by atoms with van der Waals surface area (Å²) in [5.74, 6) is -0.329. The topological polar surface area (TPSA) is 58.4 Å². The van der Waals surface area contributed by atoms with Crippen molar-refractivity contribution in [1.82, 2.24) is 19.4 Å². The normalized spacial score (nSPS) is 13.9. The molecule has 0 spiro atoms. The molecule has 1 aliphatic heterocycles. The van der Waals surface area contributed by atoms with Gasteiger partial charge in [-0.25, -0.2) is 9.37 Å². The molecule has 0 radical (unpaired) electrons. The van der Waals surface area contributed by atoms with Gasteiger partial charge in [-0.05, 0) is 48.9 Å². The predicted molar refractivity (Wildman–Crippen MR) is 127 cm³/mol. The molecule has 0 N–H and O–H groups in total. The Hall–Kier alpha value is -3.13. The fourth-order valence-electron chi connectivity index (χ4n) is 4.04. The fraction of sp³-hybridized carbons (Fsp3) is 0.320. The van der Waals surface area contributed by atoms with Crippen molar-refractivity contribution in [2.75, 3.05) is 32.4 Å². The van der Waals surface area contributed by atoms with Crippen molar-refractivity contribution in [2.24, 2.45) is 0 Å². The number of benzene rings is 2. The molecule has 0 aliphatic carbocycles. The van der Waals surface area contributed by atoms with Gasteiger partial charge in [0, 0.05) is 38.3 Å². The van der Waals surface area contributed by atoms with E-state index in [9.17, 15) is 14.0 Å². The van der Waals surface area contributed by atoms with Crippen LogP contribution in [-0.4, -0.2) is 63.6 Å². The number of hydrogen-bond donors (Lipinski definition) is 0. The number of carbonyl (C=O) groups excluding carboxylic acids is 2. The highest BCUT2D eigenvalue weighted by atomic mass is 32.2. The summed E-state index contributed by atoms with van der Waals surface area (Å²) in [4.78, 5) is 33.9. The number of thioether (sulfide) groups is 1. The first kappa shape index (κ1) is 23.0. The van der Waals surface area contributed by atoms with Crippen molar-refractivity contribution in [3.63, 3.8) is 0 Å². The first-order valence-electron chi connectivity index (χ1n) is 11.1. The number of piperazine rings is 1. The maximum absolute atomic E-state index is 13.4. The summed E-state index contributed by atoms with van der Waals surface area (Å²) in [6.07, 6.45) is 5.67. The van der Waals surface area contributed by atoms with E-state index in [1.54, 1.807) is 27.8 Å². The second kappa shape index (κ2) is 10.7. The molecule has 33 heavy (non-hydrogen) atoms. The van der Waals surface area contributed by atoms with Crippen LogP contribution in [0, 0.1) is 5.82 Å². The van der Waals surface area contributed by atoms with Gasteiger partial charge in [-0.2, -0.15) is 0 Å². The van der Waals surface area contributed by atoms with Gasteiger partial charge in [-0.3, -0.25) is 14.2 Å². The van der Waals surface area contributed by atoms with Gasteiger partial charge in [0.15, 0.2) is 5.16 Å². The molecular weight excluding hydrogens is 439 g/mol. The van der Waals surface area contributed by atoms with Gasteiger partial charge in [-0.15, -0.1) is 0 Å². The lowest BCUT2D eigenvalue weighted by molar-refractivity contribution is -0.132. The minimum absolute atomic E-state index is 0.136. The molecule has 6 nitrogen and oxygen atoms in total. The summed E-state index contributed by atoms with van der Waals surface area (Å²) in [6, 6.07) is 16.2. The number of aryl methyl sites for hydroxylation is 1. The summed E-state index contributed by atoms with van der Waals surface area (Å²) >= 11 is 1.42. The molecule has 4 rings (SSSR count). The van der Waals surface area contributed by atoms with E-state index in [0.717, 1.165) is 12.8 Å². The molecule has 172 valence electrons. The SMILES string of the molecule is CSc1ncc(C(=O)N2CCN(C(=O)CCCc3ccccc3)CC2)n1-c1ccc(F)cc1. The molecular formula is C25H27FN4O2S. The van der Waals surface area contributed by atoms with Crippen molar-refractivity contribution < 1.29 is 14.0 Å². The molecule has 0 unspecified atom stereocenters. The third-order valence-electron chi connectivity index (χ3n) is 5.83. The van der Waals surface area contributed by atoms with Crippen molar-refractivity contribution in [3.05, 3.63) is 77.9 Å². The average Bonchev–Trinajstić information content (AvgIpc) is 3.29. The summed E-state index contributed by atoms with van der Waals surface area (Å²) in [6.45, 7) is 2.00. The first-order valence-corrected chi connectivity index (χ1v) is 12.3. The molecule has 2 heterocycles. The molecule has 2 amide bonds. The van der Waals surface area contributed by atoms with Gasteiger partial charge in [0.05, 0.1) is 6.20 Å². The molecule has 0 bridgehead atoms. The zero-order valence-electron chi connectivity index (χ0n) is 18.6. The third-order valence-corrected chi connectivity index (χ3v) is 6.49. The van der Waals surface area contributed by atoms with Gasteiger partial charge in [0.2, 0.25) is 5.91 Å². The van der Waals surface area contributed by atoms with Crippen LogP contribution in [0.5, 0.6) is 0 Å². The van der Waals surface area contributed by atoms with E-state index in [4.69, 9.17) is 0 Å². The number of halogens is 1. The number of nitrogens with zero attached hydrogens (tertiary/aromatic N) is 4. The Morgan fingerprint density at radius 3 is 2.30 bits per heavy atom. The number of hydrogen-bond acceptors (Lipinski definition) is 4. The van der Waals surface area contributed by atoms with Crippen LogP contribution < -0.4 is 0 Å². The van der Waals surface area contributed by atoms with Gasteiger partial charge in [0.25, 0.3) is 5.91 Å². The summed E-state index contributed by atoms with van der Waals surface area (Å²) in [7, 11) is 0. The van der Waals surface area contributed by atoms with E-state index < -0.39 is 0 Å². The molecule has 2 aromatic carbocycles. The van der Waals surface area contributed by atoms with Crippen LogP contribution in [0.3, 0.4) is 0 Å². The van der Waals surface area contributed by atoms with Crippen LogP contribution in [-0.2, 0) is 11.2 Å². The molecule has 1 aromatic heterocycles. The number of amides is 2. The van der Waals surface area contributed by atoms with Gasteiger partial charge in [0.1, 0.15) is 11.5 Å². The number of rotatable bonds is 7. The maximum Gasteiger partial charge on any atom is 0.272 e. The first-order chi connectivity index (χ1) is 16.1. The molecule has 1 saturated heterocycles. The van der Waals surface area contributed by atoms with Crippen LogP contribution in [0.4, 0.5) is 4.39 Å². The van der Waals surface area contributed by atoms with Gasteiger partial charge in [-0.1, -0.05) is 42.1 Å². The van der Waals surface area contributed by atoms with Crippen molar-refractivity contribution >= 4 is 23.6 Å². The van der Waals surface area contributed by atoms with E-state index in [0.29, 0.717) is 49.1 Å². The highest BCUT2D eigenvalue weighted by molar-refractivity contribution is 7.98. The summed E-state index contributed by atoms with van der Waals surface area (Å²) in [5, 5.41) is 0.664. The van der Waals surface area contributed by atoms with Crippen LogP contribution in [0.15, 0.2) is 66.0 Å². The lowest BCUT2D eigenvalue weighted by Crippen LogP contribution is -2.50. The van der Waals surface area contributed by atoms with Gasteiger partial charge < -0.3 is 9.80 Å². The lowest BCUT2D eigenvalue weighted by atomic mass is 10.1. The summed E-state index contributed by atoms with van der Waals surface area (Å²) < 4.78 is 15.1. The Morgan fingerprint density at radius 1 is 0.970 bits per heavy atom. The zero-order valence-corrected chi connectivity index (χ0v) is 19.4. The van der Waals surface area contributed by atoms with E-state index in [1.165, 1.54) is 29.5 Å². The minimum Gasteiger partial charge on any atom is -0.339 e. The summed E-state index contributed by atoms with van der Waals surface area (Å²) in [5.41, 5.74) is 2.37. The predicted octanol–water partition coefficient (Wildman–Crippen LogP) is 4.04. The molecule has 8 heteroatoms. The van der Waals surface area contributed by atoms with Crippen LogP contribution >= 0.6 is 11.8 Å². The second-order valence-electron chi connectivity index (χ2n) is 7.95. The molecule has 0 atom stereocenters. The minimum atomic E-state index is -0.331. The largest absolute Gasteiger partial charge is 0.339 e. The Morgan fingerprint density at radius 2 is 1.64 bits per heavy atom. The Bertz CT molecular complexity index is 1090. The highest BCUT2D eigenvalue weighted by Crippen LogP contribution is 2.23. The lowest BCUT2D eigenvalue weighted by Gasteiger charge is -2.35. The van der Waals surface area contributed by atoms with E-state index in [1.807, 2.05) is 29.4 Å². The Kier molecular flexibility index (Phi) is 7.44. The van der Waals surface area contributed by atoms with E-state index in [-0.39, 0.29) is 17.6 Å². The third kappa shape index (κ3) is 5.45. The van der Waals surface area contributed by atoms with Crippen molar-refractivity contribution in [1.29, 1.82) is 0 Å². The zero-order chi connectivity index (χ0) is 23.2. The smallest absolute Gasteiger partial charge is 0.272 e. The molecule has 3 aromatic rings. The van der Waals surface area contributed by atoms with Crippen molar-refractivity contribution in [3.8, 4) is 5.69 Å². The highest BCUT2D eigenvalue weighted by Gasteiger charge is 2.27. The Balaban J connectivity index is 1.35. The standard InChI is InChI=1S/C25H27FN4O2S/c1-33-25-27-18-22(30(25)21-12-10-20(26)11-13-21)24(32)29-16-14-28(15-17-29)23(31)9-5-8-19-6-3-2-4-7-19/h2-4,6-7,10-13,18H,5,8-9,14-17H2,1H3. The number of aromatic nitrogens is 2. The molecule has 0 saturated carbocycles. The van der Waals surface area contributed by atoms with E-state index in [2.05, 4.69) is 17.1 Å². The average molecular weight is 467 g/mol. The quantitative estimate of drug-likeness (QED) is 0.493. The number of carbonyl (C=O) groups is 2. The Labute approximate surface area is 197 Å². The van der Waals surface area contributed by atoms with Crippen molar-refractivity contribution in [2.45, 2.75) is 24.4 Å².